The fourth-order valence-electron chi connectivity index (χ4n) is 5.00. The van der Waals surface area contributed by atoms with Crippen LogP contribution in [0.3, 0.4) is 0 Å². The maximum Gasteiger partial charge on any atom is 0.266 e. The molecule has 0 fully saturated rings. The molecular formula is C34H32Br2ClN3O4. The Labute approximate surface area is 278 Å². The number of nitrogens with one attached hydrogen (secondary N) is 2. The molecule has 44 heavy (non-hydrogen) atoms. The second kappa shape index (κ2) is 15.2. The van der Waals surface area contributed by atoms with E-state index in [0.29, 0.717) is 42.7 Å². The number of aliphatic imine (C=N–C) groups is 1. The number of carbonyl (C=O) groups excluding carboxylic acids is 1. The van der Waals surface area contributed by atoms with Crippen LogP contribution in [0.25, 0.3) is 0 Å². The highest BCUT2D eigenvalue weighted by atomic mass is 79.9. The van der Waals surface area contributed by atoms with Gasteiger partial charge in [-0.3, -0.25) is 10.2 Å². The first kappa shape index (κ1) is 32.2. The van der Waals surface area contributed by atoms with Crippen LogP contribution >= 0.6 is 43.5 Å². The van der Waals surface area contributed by atoms with E-state index in [9.17, 15) is 4.79 Å². The number of amides is 1. The molecule has 0 saturated carbocycles. The molecule has 4 aromatic carbocycles. The molecule has 10 heteroatoms. The lowest BCUT2D eigenvalue weighted by atomic mass is 9.82. The summed E-state index contributed by atoms with van der Waals surface area (Å²) in [6.45, 7) is 0.951. The van der Waals surface area contributed by atoms with E-state index < -0.39 is 11.6 Å². The van der Waals surface area contributed by atoms with Crippen LogP contribution in [0.5, 0.6) is 5.75 Å². The fraction of sp³-hybridized carbons (Fsp3) is 0.235. The Morgan fingerprint density at radius 3 is 2.36 bits per heavy atom. The normalized spacial score (nSPS) is 17.5. The highest BCUT2D eigenvalue weighted by Crippen LogP contribution is 2.43. The van der Waals surface area contributed by atoms with Crippen LogP contribution in [0.2, 0.25) is 5.02 Å². The zero-order valence-corrected chi connectivity index (χ0v) is 27.7. The quantitative estimate of drug-likeness (QED) is 0.102. The van der Waals surface area contributed by atoms with E-state index in [1.807, 2.05) is 97.1 Å². The first-order valence-electron chi connectivity index (χ1n) is 14.3. The minimum atomic E-state index is -1.35. The zero-order chi connectivity index (χ0) is 30.9. The van der Waals surface area contributed by atoms with Crippen molar-refractivity contribution in [2.75, 3.05) is 19.8 Å². The lowest BCUT2D eigenvalue weighted by Gasteiger charge is -2.31. The molecular weight excluding hydrogens is 710 g/mol. The summed E-state index contributed by atoms with van der Waals surface area (Å²) in [5.41, 5.74) is 8.12. The van der Waals surface area contributed by atoms with Crippen molar-refractivity contribution >= 4 is 55.3 Å². The van der Waals surface area contributed by atoms with E-state index in [1.54, 1.807) is 0 Å². The van der Waals surface area contributed by atoms with Gasteiger partial charge in [0.2, 0.25) is 5.90 Å². The van der Waals surface area contributed by atoms with Gasteiger partial charge in [0.25, 0.3) is 5.91 Å². The molecule has 1 amide bonds. The minimum absolute atomic E-state index is 0.0662. The Morgan fingerprint density at radius 1 is 0.955 bits per heavy atom. The molecule has 3 N–H and O–H groups in total. The van der Waals surface area contributed by atoms with Crippen LogP contribution in [0.1, 0.15) is 34.8 Å². The fourth-order valence-corrected chi connectivity index (χ4v) is 5.92. The number of aliphatic hydroxyl groups excluding tert-OH is 1. The molecule has 0 spiro atoms. The molecule has 1 heterocycles. The number of benzene rings is 4. The SMILES string of the molecule is O=C(NNCCc1ccccc1Cl)[C@@]1(Cc2ccccc2Br)N=C(c2ccc(OCCCO)cc2)O[C@H]1c1ccc(Br)cc1. The molecule has 0 saturated heterocycles. The maximum absolute atomic E-state index is 14.3. The van der Waals surface area contributed by atoms with Crippen LogP contribution < -0.4 is 15.6 Å². The van der Waals surface area contributed by atoms with Crippen molar-refractivity contribution in [2.45, 2.75) is 30.9 Å². The van der Waals surface area contributed by atoms with Crippen LogP contribution in [-0.4, -0.2) is 42.2 Å². The average Bonchev–Trinajstić information content (AvgIpc) is 3.42. The number of hydrazine groups is 1. The molecule has 1 aliphatic rings. The largest absolute Gasteiger partial charge is 0.494 e. The van der Waals surface area contributed by atoms with Gasteiger partial charge in [-0.2, -0.15) is 0 Å². The number of hydrogen-bond acceptors (Lipinski definition) is 6. The molecule has 2 atom stereocenters. The summed E-state index contributed by atoms with van der Waals surface area (Å²) < 4.78 is 14.1. The van der Waals surface area contributed by atoms with E-state index in [1.165, 1.54) is 0 Å². The van der Waals surface area contributed by atoms with Gasteiger partial charge in [0.05, 0.1) is 6.61 Å². The van der Waals surface area contributed by atoms with Crippen molar-refractivity contribution in [3.63, 3.8) is 0 Å². The van der Waals surface area contributed by atoms with E-state index in [-0.39, 0.29) is 18.9 Å². The monoisotopic (exact) mass is 739 g/mol. The van der Waals surface area contributed by atoms with Crippen molar-refractivity contribution in [3.8, 4) is 5.75 Å². The van der Waals surface area contributed by atoms with E-state index in [0.717, 1.165) is 31.2 Å². The number of nitrogens with zero attached hydrogens (tertiary/aromatic N) is 1. The van der Waals surface area contributed by atoms with Gasteiger partial charge >= 0.3 is 0 Å². The molecule has 0 aliphatic carbocycles. The van der Waals surface area contributed by atoms with Gasteiger partial charge in [0.15, 0.2) is 11.6 Å². The summed E-state index contributed by atoms with van der Waals surface area (Å²) >= 11 is 13.5. The van der Waals surface area contributed by atoms with Crippen LogP contribution in [0.15, 0.2) is 111 Å². The second-order valence-electron chi connectivity index (χ2n) is 10.3. The standard InChI is InChI=1S/C34H32Br2ClN3O4/c35-27-14-10-24(11-15-27)31-34(22-26-7-1-3-8-29(26)36,33(42)40-38-19-18-23-6-2-4-9-30(23)37)39-32(44-31)25-12-16-28(17-13-25)43-21-5-20-41/h1-4,6-17,31,38,41H,5,18-22H2,(H,40,42)/t31-,34-/m0/s1. The Balaban J connectivity index is 1.48. The molecule has 0 aromatic heterocycles. The molecule has 7 nitrogen and oxygen atoms in total. The summed E-state index contributed by atoms with van der Waals surface area (Å²) in [7, 11) is 0. The van der Waals surface area contributed by atoms with E-state index in [4.69, 9.17) is 31.2 Å². The van der Waals surface area contributed by atoms with Crippen molar-refractivity contribution in [1.82, 2.24) is 10.9 Å². The lowest BCUT2D eigenvalue weighted by molar-refractivity contribution is -0.130. The van der Waals surface area contributed by atoms with Crippen molar-refractivity contribution in [2.24, 2.45) is 4.99 Å². The van der Waals surface area contributed by atoms with Gasteiger partial charge in [-0.25, -0.2) is 10.4 Å². The maximum atomic E-state index is 14.3. The summed E-state index contributed by atoms with van der Waals surface area (Å²) in [5.74, 6) is 0.711. The third-order valence-electron chi connectivity index (χ3n) is 7.30. The molecule has 228 valence electrons. The third kappa shape index (κ3) is 7.71. The van der Waals surface area contributed by atoms with Crippen LogP contribution in [0.4, 0.5) is 0 Å². The summed E-state index contributed by atoms with van der Waals surface area (Å²) in [4.78, 5) is 19.4. The van der Waals surface area contributed by atoms with Crippen molar-refractivity contribution in [1.29, 1.82) is 0 Å². The Kier molecular flexibility index (Phi) is 11.1. The predicted octanol–water partition coefficient (Wildman–Crippen LogP) is 6.99. The summed E-state index contributed by atoms with van der Waals surface area (Å²) in [6.07, 6.45) is 0.735. The number of halogens is 3. The predicted molar refractivity (Wildman–Crippen MR) is 180 cm³/mol. The lowest BCUT2D eigenvalue weighted by Crippen LogP contribution is -2.54. The molecule has 4 aromatic rings. The van der Waals surface area contributed by atoms with Crippen molar-refractivity contribution < 1.29 is 19.4 Å². The third-order valence-corrected chi connectivity index (χ3v) is 8.97. The van der Waals surface area contributed by atoms with Gasteiger partial charge in [-0.15, -0.1) is 0 Å². The summed E-state index contributed by atoms with van der Waals surface area (Å²) in [5, 5.41) is 9.74. The Hall–Kier alpha value is -3.21. The van der Waals surface area contributed by atoms with Crippen molar-refractivity contribution in [3.05, 3.63) is 133 Å². The van der Waals surface area contributed by atoms with E-state index in [2.05, 4.69) is 42.7 Å². The Morgan fingerprint density at radius 2 is 1.66 bits per heavy atom. The molecule has 1 aliphatic heterocycles. The number of hydrogen-bond donors (Lipinski definition) is 3. The second-order valence-corrected chi connectivity index (χ2v) is 12.5. The molecule has 5 rings (SSSR count). The number of rotatable bonds is 13. The number of carbonyl (C=O) groups is 1. The van der Waals surface area contributed by atoms with Gasteiger partial charge in [0, 0.05) is 45.5 Å². The molecule has 0 bridgehead atoms. The average molecular weight is 742 g/mol. The van der Waals surface area contributed by atoms with Gasteiger partial charge in [-0.05, 0) is 71.6 Å². The zero-order valence-electron chi connectivity index (χ0n) is 23.8. The minimum Gasteiger partial charge on any atom is -0.494 e. The summed E-state index contributed by atoms with van der Waals surface area (Å²) in [6, 6.07) is 30.6. The van der Waals surface area contributed by atoms with Gasteiger partial charge in [-0.1, -0.05) is 92.0 Å². The van der Waals surface area contributed by atoms with Gasteiger partial charge < -0.3 is 14.6 Å². The highest BCUT2D eigenvalue weighted by molar-refractivity contribution is 9.10. The molecule has 0 unspecified atom stereocenters. The first-order valence-corrected chi connectivity index (χ1v) is 16.2. The topological polar surface area (TPSA) is 92.2 Å². The Bertz CT molecular complexity index is 1600. The number of ether oxygens (including phenoxy) is 2. The first-order chi connectivity index (χ1) is 21.4. The highest BCUT2D eigenvalue weighted by Gasteiger charge is 2.53. The van der Waals surface area contributed by atoms with Crippen LogP contribution in [0, 0.1) is 0 Å². The smallest absolute Gasteiger partial charge is 0.266 e. The van der Waals surface area contributed by atoms with Crippen LogP contribution in [-0.2, 0) is 22.4 Å². The van der Waals surface area contributed by atoms with E-state index >= 15 is 0 Å². The van der Waals surface area contributed by atoms with Gasteiger partial charge in [0.1, 0.15) is 5.75 Å². The number of aliphatic hydroxyl groups is 1. The molecule has 0 radical (unpaired) electrons.